The van der Waals surface area contributed by atoms with Gasteiger partial charge in [0.25, 0.3) is 0 Å². The van der Waals surface area contributed by atoms with Gasteiger partial charge in [0.1, 0.15) is 6.67 Å². The van der Waals surface area contributed by atoms with Crippen molar-refractivity contribution in [3.8, 4) is 12.3 Å². The molecular weight excluding hydrogens is 289 g/mol. The van der Waals surface area contributed by atoms with Gasteiger partial charge < -0.3 is 0 Å². The Hall–Kier alpha value is -2.16. The zero-order valence-corrected chi connectivity index (χ0v) is 12.0. The van der Waals surface area contributed by atoms with E-state index >= 15 is 0 Å². The van der Waals surface area contributed by atoms with Gasteiger partial charge in [0.15, 0.2) is 0 Å². The highest BCUT2D eigenvalue weighted by Gasteiger charge is 2.21. The van der Waals surface area contributed by atoms with Crippen molar-refractivity contribution in [3.63, 3.8) is 0 Å². The summed E-state index contributed by atoms with van der Waals surface area (Å²) in [6, 6.07) is 13.4. The number of halogens is 1. The van der Waals surface area contributed by atoms with Gasteiger partial charge in [-0.2, -0.15) is 0 Å². The lowest BCUT2D eigenvalue weighted by Gasteiger charge is -2.16. The summed E-state index contributed by atoms with van der Waals surface area (Å²) in [6.45, 7) is -0.846. The van der Waals surface area contributed by atoms with Crippen molar-refractivity contribution < 1.29 is 12.8 Å². The van der Waals surface area contributed by atoms with Crippen LogP contribution in [0.5, 0.6) is 0 Å². The molecule has 2 aromatic rings. The van der Waals surface area contributed by atoms with Gasteiger partial charge in [-0.05, 0) is 29.8 Å². The highest BCUT2D eigenvalue weighted by atomic mass is 32.2. The van der Waals surface area contributed by atoms with E-state index in [-0.39, 0.29) is 4.90 Å². The normalized spacial score (nSPS) is 12.6. The summed E-state index contributed by atoms with van der Waals surface area (Å²) in [5, 5.41) is 0. The molecule has 0 heterocycles. The second-order valence-corrected chi connectivity index (χ2v) is 6.12. The van der Waals surface area contributed by atoms with Gasteiger partial charge in [-0.15, -0.1) is 6.42 Å². The maximum absolute atomic E-state index is 13.2. The van der Waals surface area contributed by atoms with Crippen LogP contribution >= 0.6 is 0 Å². The molecule has 2 aromatic carbocycles. The van der Waals surface area contributed by atoms with Crippen LogP contribution in [0, 0.1) is 12.3 Å². The minimum Gasteiger partial charge on any atom is -0.249 e. The number of terminal acetylenes is 1. The first kappa shape index (κ1) is 15.2. The second-order valence-electron chi connectivity index (χ2n) is 4.41. The van der Waals surface area contributed by atoms with Crippen LogP contribution in [0.4, 0.5) is 4.39 Å². The molecule has 0 radical (unpaired) electrons. The van der Waals surface area contributed by atoms with Crippen molar-refractivity contribution in [1.29, 1.82) is 0 Å². The van der Waals surface area contributed by atoms with Crippen LogP contribution in [0.15, 0.2) is 59.5 Å². The van der Waals surface area contributed by atoms with E-state index in [0.717, 1.165) is 0 Å². The Morgan fingerprint density at radius 1 is 1.10 bits per heavy atom. The molecule has 0 spiro atoms. The van der Waals surface area contributed by atoms with Crippen molar-refractivity contribution >= 4 is 10.0 Å². The summed E-state index contributed by atoms with van der Waals surface area (Å²) in [5.74, 6) is 2.45. The molecule has 5 heteroatoms. The molecule has 1 N–H and O–H groups in total. The number of nitrogens with one attached hydrogen (secondary N) is 1. The Balaban J connectivity index is 2.24. The Kier molecular flexibility index (Phi) is 4.73. The third kappa shape index (κ3) is 3.69. The van der Waals surface area contributed by atoms with Gasteiger partial charge in [-0.25, -0.2) is 17.5 Å². The van der Waals surface area contributed by atoms with E-state index in [1.54, 1.807) is 42.5 Å². The molecule has 0 saturated heterocycles. The van der Waals surface area contributed by atoms with E-state index in [1.807, 2.05) is 0 Å². The van der Waals surface area contributed by atoms with Crippen LogP contribution in [-0.2, 0) is 10.0 Å². The second kappa shape index (κ2) is 6.53. The molecule has 0 aliphatic rings. The first-order valence-corrected chi connectivity index (χ1v) is 7.75. The van der Waals surface area contributed by atoms with Gasteiger partial charge in [-0.3, -0.25) is 0 Å². The third-order valence-electron chi connectivity index (χ3n) is 2.98. The van der Waals surface area contributed by atoms with Crippen molar-refractivity contribution in [3.05, 3.63) is 65.7 Å². The molecular formula is C16H14FNO2S. The summed E-state index contributed by atoms with van der Waals surface area (Å²) in [4.78, 5) is 0.101. The lowest BCUT2D eigenvalue weighted by atomic mass is 10.1. The quantitative estimate of drug-likeness (QED) is 0.863. The number of benzene rings is 2. The maximum Gasteiger partial charge on any atom is 0.241 e. The largest absolute Gasteiger partial charge is 0.249 e. The predicted molar refractivity (Wildman–Crippen MR) is 79.9 cm³/mol. The fraction of sp³-hybridized carbons (Fsp3) is 0.125. The average molecular weight is 303 g/mol. The molecule has 2 rings (SSSR count). The van der Waals surface area contributed by atoms with E-state index in [1.165, 1.54) is 12.1 Å². The number of hydrogen-bond donors (Lipinski definition) is 1. The molecule has 0 aromatic heterocycles. The van der Waals surface area contributed by atoms with E-state index < -0.39 is 22.7 Å². The predicted octanol–water partition coefficient (Wildman–Crippen LogP) is 2.66. The lowest BCUT2D eigenvalue weighted by Crippen LogP contribution is -2.29. The first-order valence-electron chi connectivity index (χ1n) is 6.27. The zero-order valence-electron chi connectivity index (χ0n) is 11.2. The van der Waals surface area contributed by atoms with Crippen LogP contribution in [0.3, 0.4) is 0 Å². The van der Waals surface area contributed by atoms with Crippen molar-refractivity contribution in [2.75, 3.05) is 6.67 Å². The molecule has 1 atom stereocenters. The number of rotatable bonds is 5. The van der Waals surface area contributed by atoms with Crippen LogP contribution in [0.2, 0.25) is 0 Å². The van der Waals surface area contributed by atoms with Crippen LogP contribution in [0.25, 0.3) is 0 Å². The van der Waals surface area contributed by atoms with E-state index in [0.29, 0.717) is 11.1 Å². The minimum absolute atomic E-state index is 0.101. The van der Waals surface area contributed by atoms with Crippen LogP contribution < -0.4 is 4.72 Å². The molecule has 0 aliphatic heterocycles. The van der Waals surface area contributed by atoms with Crippen molar-refractivity contribution in [1.82, 2.24) is 4.72 Å². The van der Waals surface area contributed by atoms with E-state index in [9.17, 15) is 12.8 Å². The SMILES string of the molecule is C#Cc1ccc(C(CF)NS(=O)(=O)c2ccccc2)cc1. The molecule has 0 aliphatic carbocycles. The van der Waals surface area contributed by atoms with Gasteiger partial charge in [-0.1, -0.05) is 36.3 Å². The van der Waals surface area contributed by atoms with Crippen molar-refractivity contribution in [2.24, 2.45) is 0 Å². The monoisotopic (exact) mass is 303 g/mol. The third-order valence-corrected chi connectivity index (χ3v) is 4.47. The Morgan fingerprint density at radius 2 is 1.71 bits per heavy atom. The number of hydrogen-bond acceptors (Lipinski definition) is 2. The average Bonchev–Trinajstić information content (AvgIpc) is 2.53. The van der Waals surface area contributed by atoms with Crippen LogP contribution in [-0.4, -0.2) is 15.1 Å². The molecule has 1 unspecified atom stereocenters. The highest BCUT2D eigenvalue weighted by Crippen LogP contribution is 2.18. The Labute approximate surface area is 123 Å². The number of sulfonamides is 1. The fourth-order valence-electron chi connectivity index (χ4n) is 1.86. The van der Waals surface area contributed by atoms with Gasteiger partial charge in [0, 0.05) is 5.56 Å². The zero-order chi connectivity index (χ0) is 15.3. The maximum atomic E-state index is 13.2. The van der Waals surface area contributed by atoms with E-state index in [4.69, 9.17) is 6.42 Å². The topological polar surface area (TPSA) is 46.2 Å². The molecule has 21 heavy (non-hydrogen) atoms. The molecule has 0 saturated carbocycles. The van der Waals surface area contributed by atoms with Crippen molar-refractivity contribution in [2.45, 2.75) is 10.9 Å². The van der Waals surface area contributed by atoms with Gasteiger partial charge >= 0.3 is 0 Å². The summed E-state index contributed by atoms with van der Waals surface area (Å²) in [5.41, 5.74) is 1.18. The summed E-state index contributed by atoms with van der Waals surface area (Å²) >= 11 is 0. The van der Waals surface area contributed by atoms with Gasteiger partial charge in [0.05, 0.1) is 10.9 Å². The lowest BCUT2D eigenvalue weighted by molar-refractivity contribution is 0.414. The van der Waals surface area contributed by atoms with Gasteiger partial charge in [0.2, 0.25) is 10.0 Å². The smallest absolute Gasteiger partial charge is 0.241 e. The Morgan fingerprint density at radius 3 is 2.24 bits per heavy atom. The van der Waals surface area contributed by atoms with E-state index in [2.05, 4.69) is 10.6 Å². The fourth-order valence-corrected chi connectivity index (χ4v) is 3.08. The minimum atomic E-state index is -3.77. The molecule has 0 fully saturated rings. The molecule has 0 bridgehead atoms. The number of alkyl halides is 1. The summed E-state index contributed by atoms with van der Waals surface area (Å²) in [6.07, 6.45) is 5.25. The molecule has 108 valence electrons. The summed E-state index contributed by atoms with van der Waals surface area (Å²) in [7, 11) is -3.77. The van der Waals surface area contributed by atoms with Crippen LogP contribution in [0.1, 0.15) is 17.2 Å². The molecule has 3 nitrogen and oxygen atoms in total. The standard InChI is InChI=1S/C16H14FNO2S/c1-2-13-8-10-14(11-9-13)16(12-17)18-21(19,20)15-6-4-3-5-7-15/h1,3-11,16,18H,12H2. The summed E-state index contributed by atoms with van der Waals surface area (Å²) < 4.78 is 39.9. The molecule has 0 amide bonds. The Bertz CT molecular complexity index is 734. The highest BCUT2D eigenvalue weighted by molar-refractivity contribution is 7.89. The first-order chi connectivity index (χ1) is 10.1.